The van der Waals surface area contributed by atoms with Crippen LogP contribution >= 0.6 is 35.3 Å². The molecule has 0 saturated carbocycles. The van der Waals surface area contributed by atoms with Crippen molar-refractivity contribution in [3.05, 3.63) is 0 Å². The van der Waals surface area contributed by atoms with Crippen molar-refractivity contribution < 1.29 is 69.7 Å². The van der Waals surface area contributed by atoms with Gasteiger partial charge in [0.25, 0.3) is 0 Å². The molecule has 0 heterocycles. The van der Waals surface area contributed by atoms with Gasteiger partial charge in [-0.3, -0.25) is 0 Å². The predicted octanol–water partition coefficient (Wildman–Crippen LogP) is -6.71. The van der Waals surface area contributed by atoms with Crippen LogP contribution in [0.3, 0.4) is 0 Å². The second kappa shape index (κ2) is 67.6. The first kappa shape index (κ1) is 49.5. The third-order valence-electron chi connectivity index (χ3n) is 1.22. The van der Waals surface area contributed by atoms with Gasteiger partial charge in [0.1, 0.15) is 0 Å². The van der Waals surface area contributed by atoms with E-state index in [0.717, 1.165) is 0 Å². The molecule has 0 aromatic carbocycles. The fourth-order valence-electron chi connectivity index (χ4n) is 0.612. The predicted molar refractivity (Wildman–Crippen MR) is 86.0 cm³/mol. The molecule has 8 heteroatoms. The Bertz CT molecular complexity index is 67.5. The Morgan fingerprint density at radius 2 is 0.500 bits per heavy atom. The summed E-state index contributed by atoms with van der Waals surface area (Å²) >= 11 is 5.89. The fraction of sp³-hybridized carbons (Fsp3) is 1.00. The molecule has 0 aliphatic rings. The van der Waals surface area contributed by atoms with Crippen molar-refractivity contribution in [3.63, 3.8) is 0 Å². The van der Waals surface area contributed by atoms with Gasteiger partial charge < -0.3 is 49.6 Å². The summed E-state index contributed by atoms with van der Waals surface area (Å²) in [7, 11) is 0. The van der Waals surface area contributed by atoms with Crippen LogP contribution in [-0.2, 0) is 20.1 Å². The Hall–Kier alpha value is 2.86. The topological polar surface area (TPSA) is 0 Å². The summed E-state index contributed by atoms with van der Waals surface area (Å²) in [5, 5.41) is 0. The first-order chi connectivity index (χ1) is 7.24. The molecule has 0 atom stereocenters. The summed E-state index contributed by atoms with van der Waals surface area (Å²) in [5.74, 6) is 7.56. The van der Waals surface area contributed by atoms with Crippen LogP contribution in [0.4, 0.5) is 0 Å². The zero-order valence-corrected chi connectivity index (χ0v) is 21.2. The van der Waals surface area contributed by atoms with Gasteiger partial charge >= 0.3 is 20.1 Å². The largest absolute Gasteiger partial charge is 4.00 e. The van der Waals surface area contributed by atoms with Crippen molar-refractivity contribution >= 4 is 35.3 Å². The molecular weight excluding hydrogens is 574 g/mol. The third kappa shape index (κ3) is 105. The first-order valence-corrected chi connectivity index (χ1v) is 9.44. The van der Waals surface area contributed by atoms with E-state index in [9.17, 15) is 0 Å². The normalized spacial score (nSPS) is 6.30. The van der Waals surface area contributed by atoms with Gasteiger partial charge in [0.15, 0.2) is 0 Å². The van der Waals surface area contributed by atoms with E-state index in [1.165, 1.54) is 34.5 Å². The second-order valence-corrected chi connectivity index (χ2v) is 7.03. The Labute approximate surface area is 179 Å². The van der Waals surface area contributed by atoms with Crippen LogP contribution in [-0.4, -0.2) is 34.5 Å². The molecule has 0 aromatic rings. The van der Waals surface area contributed by atoms with Crippen molar-refractivity contribution in [2.45, 2.75) is 41.5 Å². The first-order valence-electron chi connectivity index (χ1n) is 5.97. The maximum absolute atomic E-state index is 2.17. The number of hydrogen-bond donors (Lipinski definition) is 0. The molecule has 133 valence electrons. The summed E-state index contributed by atoms with van der Waals surface area (Å²) in [6.45, 7) is 13.0. The Morgan fingerprint density at radius 1 is 0.400 bits per heavy atom. The number of thioether (sulfide) groups is 3. The van der Waals surface area contributed by atoms with Crippen molar-refractivity contribution in [1.82, 2.24) is 0 Å². The molecule has 20 heavy (non-hydrogen) atoms. The van der Waals surface area contributed by atoms with Crippen molar-refractivity contribution in [3.8, 4) is 0 Å². The van der Waals surface area contributed by atoms with Crippen LogP contribution in [0.1, 0.15) is 41.5 Å². The molecule has 0 fully saturated rings. The molecule has 0 nitrogen and oxygen atoms in total. The van der Waals surface area contributed by atoms with Crippen LogP contribution in [0, 0.1) is 0 Å². The minimum atomic E-state index is 0. The zero-order chi connectivity index (χ0) is 12.4. The van der Waals surface area contributed by atoms with E-state index >= 15 is 0 Å². The van der Waals surface area contributed by atoms with Crippen LogP contribution in [0.5, 0.6) is 0 Å². The maximum atomic E-state index is 2.17. The van der Waals surface area contributed by atoms with Crippen LogP contribution in [0.2, 0.25) is 0 Å². The van der Waals surface area contributed by atoms with E-state index in [1.807, 2.05) is 35.3 Å². The van der Waals surface area contributed by atoms with Gasteiger partial charge in [0.2, 0.25) is 0 Å². The molecule has 0 bridgehead atoms. The van der Waals surface area contributed by atoms with E-state index in [0.29, 0.717) is 0 Å². The van der Waals surface area contributed by atoms with Gasteiger partial charge in [-0.2, -0.15) is 35.3 Å². The van der Waals surface area contributed by atoms with Gasteiger partial charge in [-0.1, -0.05) is 41.5 Å². The SMILES string of the molecule is CCSCC.CCSCC.CCSCC.[Cl-].[Cl-].[Cl-].[Cl-].[Ir+4]. The minimum Gasteiger partial charge on any atom is -1.00 e. The second-order valence-electron chi connectivity index (χ2n) is 2.34. The third-order valence-corrected chi connectivity index (χ3v) is 3.67. The fourth-order valence-corrected chi connectivity index (χ4v) is 1.84. The van der Waals surface area contributed by atoms with Crippen LogP contribution in [0.15, 0.2) is 0 Å². The number of halogens is 4. The van der Waals surface area contributed by atoms with Crippen molar-refractivity contribution in [2.24, 2.45) is 0 Å². The average Bonchev–Trinajstić information content (AvgIpc) is 2.23. The average molecular weight is 605 g/mol. The Balaban J connectivity index is -0.0000000160. The Kier molecular flexibility index (Phi) is 167. The molecule has 0 spiro atoms. The van der Waals surface area contributed by atoms with E-state index in [2.05, 4.69) is 41.5 Å². The minimum absolute atomic E-state index is 0. The van der Waals surface area contributed by atoms with Gasteiger partial charge in [0.05, 0.1) is 0 Å². The quantitative estimate of drug-likeness (QED) is 0.296. The van der Waals surface area contributed by atoms with Crippen molar-refractivity contribution in [1.29, 1.82) is 0 Å². The summed E-state index contributed by atoms with van der Waals surface area (Å²) in [6, 6.07) is 0. The summed E-state index contributed by atoms with van der Waals surface area (Å²) < 4.78 is 0. The van der Waals surface area contributed by atoms with Gasteiger partial charge in [-0.05, 0) is 34.5 Å². The standard InChI is InChI=1S/3C4H10S.4ClH.Ir/c3*1-3-5-4-2;;;;;/h3*3-4H2,1-2H3;4*1H;/q;;;;;;;+4/p-4. The van der Waals surface area contributed by atoms with E-state index in [1.54, 1.807) is 0 Å². The summed E-state index contributed by atoms with van der Waals surface area (Å²) in [5.41, 5.74) is 0. The molecular formula is C12H30Cl4IrS3. The molecule has 0 saturated heterocycles. The molecule has 0 aliphatic heterocycles. The molecule has 0 aromatic heterocycles. The van der Waals surface area contributed by atoms with E-state index in [4.69, 9.17) is 0 Å². The van der Waals surface area contributed by atoms with E-state index in [-0.39, 0.29) is 69.7 Å². The van der Waals surface area contributed by atoms with Gasteiger partial charge in [0, 0.05) is 0 Å². The van der Waals surface area contributed by atoms with Crippen LogP contribution < -0.4 is 49.6 Å². The van der Waals surface area contributed by atoms with Crippen molar-refractivity contribution in [2.75, 3.05) is 34.5 Å². The summed E-state index contributed by atoms with van der Waals surface area (Å²) in [4.78, 5) is 0. The molecule has 0 N–H and O–H groups in total. The number of rotatable bonds is 6. The zero-order valence-electron chi connectivity index (χ0n) is 13.3. The number of hydrogen-bond acceptors (Lipinski definition) is 3. The maximum Gasteiger partial charge on any atom is 4.00 e. The van der Waals surface area contributed by atoms with Crippen LogP contribution in [0.25, 0.3) is 0 Å². The molecule has 0 rings (SSSR count). The van der Waals surface area contributed by atoms with E-state index < -0.39 is 0 Å². The Morgan fingerprint density at radius 3 is 0.500 bits per heavy atom. The molecule has 0 amide bonds. The summed E-state index contributed by atoms with van der Waals surface area (Å²) in [6.07, 6.45) is 0. The monoisotopic (exact) mass is 603 g/mol. The molecule has 1 radical (unpaired) electrons. The van der Waals surface area contributed by atoms with Gasteiger partial charge in [-0.25, -0.2) is 0 Å². The van der Waals surface area contributed by atoms with Gasteiger partial charge in [-0.15, -0.1) is 0 Å². The molecule has 0 aliphatic carbocycles. The molecule has 0 unspecified atom stereocenters. The smallest absolute Gasteiger partial charge is 1.00 e.